The first-order chi connectivity index (χ1) is 20.9. The van der Waals surface area contributed by atoms with Crippen molar-refractivity contribution in [2.24, 2.45) is 22.7 Å². The molecule has 0 spiro atoms. The van der Waals surface area contributed by atoms with Crippen LogP contribution in [0, 0.1) is 12.3 Å². The summed E-state index contributed by atoms with van der Waals surface area (Å²) in [6.07, 6.45) is 4.63. The van der Waals surface area contributed by atoms with Gasteiger partial charge < -0.3 is 32.2 Å². The summed E-state index contributed by atoms with van der Waals surface area (Å²) in [5.74, 6) is 5.42. The Labute approximate surface area is 268 Å². The summed E-state index contributed by atoms with van der Waals surface area (Å²) in [5.41, 5.74) is 13.4. The molecule has 0 aliphatic heterocycles. The summed E-state index contributed by atoms with van der Waals surface area (Å²) >= 11 is 0. The van der Waals surface area contributed by atoms with E-state index < -0.39 is 11.8 Å². The minimum absolute atomic E-state index is 0.0679. The van der Waals surface area contributed by atoms with Crippen molar-refractivity contribution >= 4 is 34.8 Å². The molecule has 0 fully saturated rings. The summed E-state index contributed by atoms with van der Waals surface area (Å²) in [6, 6.07) is 5.21. The molecule has 9 N–H and O–H groups in total. The predicted octanol–water partition coefficient (Wildman–Crippen LogP) is 4.68. The zero-order valence-corrected chi connectivity index (χ0v) is 28.7. The molecule has 250 valence electrons. The molecule has 2 aromatic rings. The number of methoxy groups -OCH3 is 1. The second kappa shape index (κ2) is 17.4. The van der Waals surface area contributed by atoms with Crippen LogP contribution in [0.1, 0.15) is 96.3 Å². The Hall–Kier alpha value is -4.16. The van der Waals surface area contributed by atoms with Gasteiger partial charge in [0.2, 0.25) is 5.91 Å². The smallest absolute Gasteiger partial charge is 0.268 e. The molecule has 45 heavy (non-hydrogen) atoms. The van der Waals surface area contributed by atoms with Gasteiger partial charge in [0.05, 0.1) is 47.8 Å². The Morgan fingerprint density at radius 2 is 1.67 bits per heavy atom. The Balaban J connectivity index is 0.00000324. The van der Waals surface area contributed by atoms with Gasteiger partial charge in [0.1, 0.15) is 5.70 Å². The van der Waals surface area contributed by atoms with Crippen LogP contribution in [0.4, 0.5) is 17.1 Å². The molecule has 0 radical (unpaired) electrons. The number of ether oxygens (including phenoxy) is 1. The number of carbonyl (C=O) groups excluding carboxylic acids is 3. The van der Waals surface area contributed by atoms with Crippen molar-refractivity contribution in [1.82, 2.24) is 10.3 Å². The van der Waals surface area contributed by atoms with E-state index >= 15 is 0 Å². The van der Waals surface area contributed by atoms with Gasteiger partial charge in [0.15, 0.2) is 5.75 Å². The molecule has 1 aromatic carbocycles. The number of amides is 3. The van der Waals surface area contributed by atoms with E-state index in [9.17, 15) is 14.4 Å². The van der Waals surface area contributed by atoms with Gasteiger partial charge in [-0.15, -0.1) is 0 Å². The van der Waals surface area contributed by atoms with Crippen LogP contribution in [-0.4, -0.2) is 42.9 Å². The standard InChI is InChI=1S/C31H47N7O4.C2H7N/c1-10-11-26(39)37-24-15-20(31(6,7)8)14-22(27(24)42-9)28(40)36-21-16-25(19(2)35-17-21)38(33)18-23(32)29(41)34-13-12-30(3,4)5;1-2-3/h14-18H,10-13,32-33H2,1-9H3,(H,34,41)(H,36,40)(H,37,39);2-3H2,1H3/b23-18-;. The number of benzene rings is 1. The first kappa shape index (κ1) is 38.9. The maximum atomic E-state index is 13.6. The number of aromatic nitrogens is 1. The molecular weight excluding hydrogens is 572 g/mol. The van der Waals surface area contributed by atoms with Crippen LogP contribution < -0.4 is 43.0 Å². The van der Waals surface area contributed by atoms with Crippen LogP contribution in [0.15, 0.2) is 36.3 Å². The molecule has 0 bridgehead atoms. The van der Waals surface area contributed by atoms with Gasteiger partial charge in [-0.1, -0.05) is 55.4 Å². The van der Waals surface area contributed by atoms with E-state index in [1.54, 1.807) is 19.1 Å². The Kier molecular flexibility index (Phi) is 15.0. The minimum atomic E-state index is -0.461. The SMILES string of the molecule is CCCC(=O)Nc1cc(C(C)(C)C)cc(C(=O)Nc2cnc(C)c(N(N)/C=C(\N)C(=O)NCCC(C)(C)C)c2)c1OC.CCN. The van der Waals surface area contributed by atoms with Crippen LogP contribution in [-0.2, 0) is 15.0 Å². The molecule has 1 heterocycles. The highest BCUT2D eigenvalue weighted by Gasteiger charge is 2.24. The molecule has 0 unspecified atom stereocenters. The normalized spacial score (nSPS) is 11.6. The fourth-order valence-electron chi connectivity index (χ4n) is 3.96. The van der Waals surface area contributed by atoms with Crippen LogP contribution >= 0.6 is 0 Å². The maximum Gasteiger partial charge on any atom is 0.268 e. The Morgan fingerprint density at radius 3 is 2.20 bits per heavy atom. The van der Waals surface area contributed by atoms with E-state index in [0.29, 0.717) is 42.1 Å². The van der Waals surface area contributed by atoms with Crippen LogP contribution in [0.25, 0.3) is 0 Å². The fourth-order valence-corrected chi connectivity index (χ4v) is 3.96. The number of rotatable bonds is 11. The first-order valence-electron chi connectivity index (χ1n) is 15.2. The zero-order valence-electron chi connectivity index (χ0n) is 28.7. The molecule has 0 aliphatic rings. The summed E-state index contributed by atoms with van der Waals surface area (Å²) in [4.78, 5) is 42.8. The van der Waals surface area contributed by atoms with Crippen LogP contribution in [0.2, 0.25) is 0 Å². The average molecular weight is 627 g/mol. The predicted molar refractivity (Wildman–Crippen MR) is 183 cm³/mol. The minimum Gasteiger partial charge on any atom is -0.494 e. The molecule has 1 aromatic heterocycles. The number of hydrogen-bond donors (Lipinski definition) is 6. The lowest BCUT2D eigenvalue weighted by Crippen LogP contribution is -2.34. The van der Waals surface area contributed by atoms with Crippen LogP contribution in [0.3, 0.4) is 0 Å². The highest BCUT2D eigenvalue weighted by atomic mass is 16.5. The zero-order chi connectivity index (χ0) is 34.5. The van der Waals surface area contributed by atoms with Gasteiger partial charge in [0, 0.05) is 13.0 Å². The molecule has 0 aliphatic carbocycles. The van der Waals surface area contributed by atoms with Crippen LogP contribution in [0.5, 0.6) is 5.75 Å². The molecule has 12 nitrogen and oxygen atoms in total. The number of carbonyl (C=O) groups is 3. The third-order valence-electron chi connectivity index (χ3n) is 6.45. The summed E-state index contributed by atoms with van der Waals surface area (Å²) in [5, 5.41) is 9.72. The van der Waals surface area contributed by atoms with Gasteiger partial charge >= 0.3 is 0 Å². The van der Waals surface area contributed by atoms with Gasteiger partial charge in [0.25, 0.3) is 11.8 Å². The first-order valence-corrected chi connectivity index (χ1v) is 15.2. The number of nitrogens with one attached hydrogen (secondary N) is 3. The third kappa shape index (κ3) is 12.8. The monoisotopic (exact) mass is 626 g/mol. The van der Waals surface area contributed by atoms with Crippen molar-refractivity contribution in [2.75, 3.05) is 35.8 Å². The fraction of sp³-hybridized carbons (Fsp3) is 0.515. The van der Waals surface area contributed by atoms with Gasteiger partial charge in [-0.05, 0) is 60.9 Å². The average Bonchev–Trinajstić information content (AvgIpc) is 2.92. The molecule has 0 saturated heterocycles. The number of aryl methyl sites for hydroxylation is 1. The number of nitrogens with zero attached hydrogens (tertiary/aromatic N) is 2. The second-order valence-electron chi connectivity index (χ2n) is 12.9. The van der Waals surface area contributed by atoms with Crippen molar-refractivity contribution in [3.63, 3.8) is 0 Å². The topological polar surface area (TPSA) is 191 Å². The van der Waals surface area contributed by atoms with Crippen molar-refractivity contribution in [3.8, 4) is 5.75 Å². The van der Waals surface area contributed by atoms with Crippen molar-refractivity contribution in [1.29, 1.82) is 0 Å². The number of anilines is 3. The Bertz CT molecular complexity index is 1340. The lowest BCUT2D eigenvalue weighted by Gasteiger charge is -2.23. The van der Waals surface area contributed by atoms with Crippen molar-refractivity contribution < 1.29 is 19.1 Å². The Morgan fingerprint density at radius 1 is 1.04 bits per heavy atom. The molecule has 3 amide bonds. The van der Waals surface area contributed by atoms with E-state index in [2.05, 4.69) is 41.7 Å². The van der Waals surface area contributed by atoms with E-state index in [1.165, 1.54) is 24.5 Å². The highest BCUT2D eigenvalue weighted by molar-refractivity contribution is 6.08. The summed E-state index contributed by atoms with van der Waals surface area (Å²) < 4.78 is 5.60. The molecular formula is C33H54N8O4. The second-order valence-corrected chi connectivity index (χ2v) is 12.9. The van der Waals surface area contributed by atoms with E-state index in [0.717, 1.165) is 18.5 Å². The molecule has 12 heteroatoms. The lowest BCUT2D eigenvalue weighted by molar-refractivity contribution is -0.118. The highest BCUT2D eigenvalue weighted by Crippen LogP contribution is 2.36. The number of hydrogen-bond acceptors (Lipinski definition) is 9. The van der Waals surface area contributed by atoms with E-state index in [-0.39, 0.29) is 33.7 Å². The van der Waals surface area contributed by atoms with E-state index in [4.69, 9.17) is 22.0 Å². The maximum absolute atomic E-state index is 13.6. The lowest BCUT2D eigenvalue weighted by atomic mass is 9.85. The van der Waals surface area contributed by atoms with Crippen molar-refractivity contribution in [3.05, 3.63) is 53.1 Å². The molecule has 0 atom stereocenters. The van der Waals surface area contributed by atoms with Gasteiger partial charge in [-0.25, -0.2) is 5.84 Å². The van der Waals surface area contributed by atoms with Crippen molar-refractivity contribution in [2.45, 2.75) is 87.0 Å². The van der Waals surface area contributed by atoms with Gasteiger partial charge in [-0.2, -0.15) is 0 Å². The quantitative estimate of drug-likeness (QED) is 0.117. The molecule has 0 saturated carbocycles. The largest absolute Gasteiger partial charge is 0.494 e. The summed E-state index contributed by atoms with van der Waals surface area (Å²) in [7, 11) is 1.45. The third-order valence-corrected chi connectivity index (χ3v) is 6.45. The number of nitrogens with two attached hydrogens (primary N) is 3. The molecule has 2 rings (SSSR count). The summed E-state index contributed by atoms with van der Waals surface area (Å²) in [6.45, 7) is 19.1. The number of pyridine rings is 1. The number of hydrazine groups is 1. The van der Waals surface area contributed by atoms with E-state index in [1.807, 2.05) is 40.7 Å². The van der Waals surface area contributed by atoms with Gasteiger partial charge in [-0.3, -0.25) is 24.4 Å².